The maximum absolute atomic E-state index is 12.6. The third-order valence-electron chi connectivity index (χ3n) is 3.84. The number of hydrogen-bond acceptors (Lipinski definition) is 7. The van der Waals surface area contributed by atoms with Crippen molar-refractivity contribution in [2.75, 3.05) is 12.4 Å². The molecule has 0 saturated heterocycles. The Balaban J connectivity index is 2.01. The number of ether oxygens (including phenoxy) is 1. The van der Waals surface area contributed by atoms with Gasteiger partial charge in [0, 0.05) is 17.8 Å². The summed E-state index contributed by atoms with van der Waals surface area (Å²) in [5.41, 5.74) is -1.24. The van der Waals surface area contributed by atoms with E-state index in [1.807, 2.05) is 0 Å². The summed E-state index contributed by atoms with van der Waals surface area (Å²) in [7, 11) is 1.41. The molecule has 0 spiro atoms. The molecule has 0 fully saturated rings. The van der Waals surface area contributed by atoms with E-state index in [0.29, 0.717) is 5.75 Å². The fourth-order valence-electron chi connectivity index (χ4n) is 2.51. The lowest BCUT2D eigenvalue weighted by Crippen LogP contribution is -2.25. The van der Waals surface area contributed by atoms with Gasteiger partial charge in [0.05, 0.1) is 12.0 Å². The molecular weight excluding hydrogens is 404 g/mol. The first-order valence-corrected chi connectivity index (χ1v) is 8.41. The van der Waals surface area contributed by atoms with Crippen LogP contribution in [0.15, 0.2) is 53.3 Å². The molecule has 0 aliphatic heterocycles. The number of rotatable bonds is 5. The first-order chi connectivity index (χ1) is 13.8. The molecule has 1 aromatic heterocycles. The van der Waals surface area contributed by atoms with Crippen LogP contribution in [0.5, 0.6) is 11.5 Å². The number of methoxy groups -OCH3 is 1. The van der Waals surface area contributed by atoms with Crippen molar-refractivity contribution in [3.63, 3.8) is 0 Å². The molecule has 1 heterocycles. The molecule has 29 heavy (non-hydrogen) atoms. The van der Waals surface area contributed by atoms with Gasteiger partial charge in [-0.1, -0.05) is 23.7 Å². The Kier molecular flexibility index (Phi) is 5.46. The van der Waals surface area contributed by atoms with Crippen molar-refractivity contribution in [3.8, 4) is 17.2 Å². The van der Waals surface area contributed by atoms with Crippen molar-refractivity contribution in [1.29, 1.82) is 0 Å². The minimum absolute atomic E-state index is 0.0577. The summed E-state index contributed by atoms with van der Waals surface area (Å²) < 4.78 is 6.09. The Morgan fingerprint density at radius 3 is 2.69 bits per heavy atom. The minimum Gasteiger partial charge on any atom is -0.505 e. The number of nitro benzene ring substituents is 1. The van der Waals surface area contributed by atoms with Gasteiger partial charge in [-0.15, -0.1) is 0 Å². The lowest BCUT2D eigenvalue weighted by molar-refractivity contribution is -0.384. The van der Waals surface area contributed by atoms with E-state index in [1.54, 1.807) is 24.3 Å². The van der Waals surface area contributed by atoms with Crippen molar-refractivity contribution in [3.05, 3.63) is 79.7 Å². The topological polar surface area (TPSA) is 137 Å². The summed E-state index contributed by atoms with van der Waals surface area (Å²) in [6, 6.07) is 11.0. The molecular formula is C18H13ClN4O6. The highest BCUT2D eigenvalue weighted by molar-refractivity contribution is 6.32. The lowest BCUT2D eigenvalue weighted by Gasteiger charge is -2.12. The van der Waals surface area contributed by atoms with Gasteiger partial charge in [-0.05, 0) is 24.3 Å². The monoisotopic (exact) mass is 416 g/mol. The van der Waals surface area contributed by atoms with Gasteiger partial charge in [0.15, 0.2) is 11.4 Å². The third-order valence-corrected chi connectivity index (χ3v) is 4.16. The van der Waals surface area contributed by atoms with E-state index in [1.165, 1.54) is 19.2 Å². The van der Waals surface area contributed by atoms with E-state index >= 15 is 0 Å². The predicted octanol–water partition coefficient (Wildman–Crippen LogP) is 2.76. The summed E-state index contributed by atoms with van der Waals surface area (Å²) in [5.74, 6) is -1.21. The number of nitro groups is 1. The average Bonchev–Trinajstić information content (AvgIpc) is 2.69. The van der Waals surface area contributed by atoms with E-state index in [-0.39, 0.29) is 16.4 Å². The molecule has 10 nitrogen and oxygen atoms in total. The fraction of sp³-hybridized carbons (Fsp3) is 0.0556. The second kappa shape index (κ2) is 7.98. The number of hydrogen-bond donors (Lipinski definition) is 2. The molecule has 0 unspecified atom stereocenters. The van der Waals surface area contributed by atoms with E-state index in [2.05, 4.69) is 10.4 Å². The van der Waals surface area contributed by atoms with Gasteiger partial charge >= 0.3 is 0 Å². The SMILES string of the molecule is COc1ccccc1-n1nc(C(=O)Nc2ccc(Cl)c([N+](=O)[O-])c2)c(O)cc1=O. The van der Waals surface area contributed by atoms with Crippen LogP contribution >= 0.6 is 11.6 Å². The van der Waals surface area contributed by atoms with Crippen LogP contribution in [0.25, 0.3) is 5.69 Å². The van der Waals surface area contributed by atoms with E-state index < -0.39 is 33.5 Å². The number of aromatic nitrogens is 2. The Bertz CT molecular complexity index is 1180. The van der Waals surface area contributed by atoms with Crippen LogP contribution < -0.4 is 15.6 Å². The van der Waals surface area contributed by atoms with Crippen molar-refractivity contribution in [2.45, 2.75) is 0 Å². The summed E-state index contributed by atoms with van der Waals surface area (Å²) in [4.78, 5) is 35.1. The van der Waals surface area contributed by atoms with Crippen molar-refractivity contribution in [1.82, 2.24) is 9.78 Å². The molecule has 148 valence electrons. The van der Waals surface area contributed by atoms with Crippen LogP contribution in [-0.4, -0.2) is 32.8 Å². The zero-order valence-corrected chi connectivity index (χ0v) is 15.6. The van der Waals surface area contributed by atoms with Crippen molar-refractivity contribution < 1.29 is 19.6 Å². The van der Waals surface area contributed by atoms with Gasteiger partial charge in [-0.25, -0.2) is 0 Å². The van der Waals surface area contributed by atoms with Gasteiger partial charge in [0.25, 0.3) is 17.2 Å². The molecule has 1 amide bonds. The predicted molar refractivity (Wildman–Crippen MR) is 104 cm³/mol. The second-order valence-electron chi connectivity index (χ2n) is 5.68. The number of carbonyl (C=O) groups excluding carboxylic acids is 1. The quantitative estimate of drug-likeness (QED) is 0.482. The van der Waals surface area contributed by atoms with E-state index in [4.69, 9.17) is 16.3 Å². The lowest BCUT2D eigenvalue weighted by atomic mass is 10.2. The first-order valence-electron chi connectivity index (χ1n) is 8.04. The highest BCUT2D eigenvalue weighted by Crippen LogP contribution is 2.28. The molecule has 0 radical (unpaired) electrons. The highest BCUT2D eigenvalue weighted by Gasteiger charge is 2.20. The number of nitrogens with one attached hydrogen (secondary N) is 1. The zero-order valence-electron chi connectivity index (χ0n) is 14.8. The Morgan fingerprint density at radius 2 is 2.00 bits per heavy atom. The standard InChI is InChI=1S/C18H13ClN4O6/c1-29-15-5-3-2-4-12(15)22-16(25)9-14(24)17(21-22)18(26)20-10-6-7-11(19)13(8-10)23(27)28/h2-9,24H,1H3,(H,20,26). The highest BCUT2D eigenvalue weighted by atomic mass is 35.5. The van der Waals surface area contributed by atoms with Gasteiger partial charge in [-0.2, -0.15) is 9.78 Å². The van der Waals surface area contributed by atoms with Gasteiger partial charge in [0.2, 0.25) is 0 Å². The molecule has 0 aliphatic carbocycles. The molecule has 3 rings (SSSR count). The van der Waals surface area contributed by atoms with Gasteiger partial charge < -0.3 is 15.2 Å². The van der Waals surface area contributed by atoms with Crippen LogP contribution in [0.1, 0.15) is 10.5 Å². The molecule has 2 N–H and O–H groups in total. The molecule has 11 heteroatoms. The number of benzene rings is 2. The summed E-state index contributed by atoms with van der Waals surface area (Å²) in [5, 5.41) is 27.2. The maximum Gasteiger partial charge on any atom is 0.289 e. The molecule has 0 saturated carbocycles. The first kappa shape index (κ1) is 19.8. The number of aromatic hydroxyl groups is 1. The maximum atomic E-state index is 12.6. The number of nitrogens with zero attached hydrogens (tertiary/aromatic N) is 3. The zero-order chi connectivity index (χ0) is 21.1. The molecule has 0 atom stereocenters. The van der Waals surface area contributed by atoms with Crippen LogP contribution in [-0.2, 0) is 0 Å². The summed E-state index contributed by atoms with van der Waals surface area (Å²) >= 11 is 5.75. The van der Waals surface area contributed by atoms with Crippen molar-refractivity contribution in [2.24, 2.45) is 0 Å². The van der Waals surface area contributed by atoms with E-state index in [0.717, 1.165) is 16.8 Å². The Morgan fingerprint density at radius 1 is 1.28 bits per heavy atom. The summed E-state index contributed by atoms with van der Waals surface area (Å²) in [6.45, 7) is 0. The molecule has 2 aromatic carbocycles. The van der Waals surface area contributed by atoms with E-state index in [9.17, 15) is 24.8 Å². The molecule has 0 bridgehead atoms. The normalized spacial score (nSPS) is 10.4. The average molecular weight is 417 g/mol. The number of carbonyl (C=O) groups is 1. The number of amides is 1. The number of para-hydroxylation sites is 2. The van der Waals surface area contributed by atoms with Gasteiger partial charge in [0.1, 0.15) is 16.5 Å². The smallest absolute Gasteiger partial charge is 0.289 e. The Labute approximate surface area is 168 Å². The van der Waals surface area contributed by atoms with Crippen LogP contribution in [0.4, 0.5) is 11.4 Å². The van der Waals surface area contributed by atoms with Crippen LogP contribution in [0.2, 0.25) is 5.02 Å². The van der Waals surface area contributed by atoms with Crippen LogP contribution in [0.3, 0.4) is 0 Å². The van der Waals surface area contributed by atoms with Crippen LogP contribution in [0, 0.1) is 10.1 Å². The number of anilines is 1. The molecule has 0 aliphatic rings. The van der Waals surface area contributed by atoms with Gasteiger partial charge in [-0.3, -0.25) is 19.7 Å². The fourth-order valence-corrected chi connectivity index (χ4v) is 2.69. The summed E-state index contributed by atoms with van der Waals surface area (Å²) in [6.07, 6.45) is 0. The van der Waals surface area contributed by atoms with Crippen molar-refractivity contribution >= 4 is 28.9 Å². The number of halogens is 1. The molecule has 3 aromatic rings. The third kappa shape index (κ3) is 4.01. The minimum atomic E-state index is -0.886. The Hall–Kier alpha value is -3.92. The largest absolute Gasteiger partial charge is 0.505 e. The second-order valence-corrected chi connectivity index (χ2v) is 6.08.